The first-order chi connectivity index (χ1) is 16.0. The Bertz CT molecular complexity index is 1290. The molecule has 4 aromatic rings. The second kappa shape index (κ2) is 9.73. The Morgan fingerprint density at radius 3 is 2.64 bits per heavy atom. The van der Waals surface area contributed by atoms with Crippen LogP contribution in [-0.4, -0.2) is 39.4 Å². The van der Waals surface area contributed by atoms with Crippen molar-refractivity contribution in [1.82, 2.24) is 25.3 Å². The van der Waals surface area contributed by atoms with Crippen LogP contribution in [0.2, 0.25) is 0 Å². The monoisotopic (exact) mass is 440 g/mol. The van der Waals surface area contributed by atoms with Crippen molar-refractivity contribution in [2.75, 3.05) is 18.9 Å². The van der Waals surface area contributed by atoms with E-state index in [4.69, 9.17) is 4.98 Å². The zero-order chi connectivity index (χ0) is 23.4. The number of carbonyl (C=O) groups excluding carboxylic acids is 1. The Balaban J connectivity index is 1.49. The van der Waals surface area contributed by atoms with Crippen LogP contribution >= 0.6 is 0 Å². The molecule has 0 aliphatic rings. The first-order valence-electron chi connectivity index (χ1n) is 11.1. The van der Waals surface area contributed by atoms with E-state index in [0.717, 1.165) is 57.9 Å². The Labute approximate surface area is 193 Å². The summed E-state index contributed by atoms with van der Waals surface area (Å²) >= 11 is 0. The third-order valence-corrected chi connectivity index (χ3v) is 5.76. The number of carbonyl (C=O) groups is 1. The largest absolute Gasteiger partial charge is 0.370 e. The van der Waals surface area contributed by atoms with Gasteiger partial charge >= 0.3 is 0 Å². The molecule has 0 radical (unpaired) electrons. The van der Waals surface area contributed by atoms with Crippen LogP contribution in [-0.2, 0) is 0 Å². The lowest BCUT2D eigenvalue weighted by Gasteiger charge is -2.16. The third kappa shape index (κ3) is 4.98. The number of anilines is 1. The molecule has 0 fully saturated rings. The van der Waals surface area contributed by atoms with Crippen LogP contribution in [0.25, 0.3) is 22.2 Å². The maximum Gasteiger partial charge on any atom is 0.251 e. The van der Waals surface area contributed by atoms with E-state index in [0.29, 0.717) is 5.56 Å². The van der Waals surface area contributed by atoms with Gasteiger partial charge in [-0.2, -0.15) is 0 Å². The molecule has 1 atom stereocenters. The number of aromatic nitrogens is 4. The fourth-order valence-electron chi connectivity index (χ4n) is 3.92. The predicted octanol–water partition coefficient (Wildman–Crippen LogP) is 4.67. The van der Waals surface area contributed by atoms with Crippen LogP contribution in [0.5, 0.6) is 0 Å². The Morgan fingerprint density at radius 2 is 1.88 bits per heavy atom. The van der Waals surface area contributed by atoms with Crippen LogP contribution in [0.3, 0.4) is 0 Å². The average Bonchev–Trinajstić information content (AvgIpc) is 2.83. The van der Waals surface area contributed by atoms with Crippen molar-refractivity contribution in [1.29, 1.82) is 0 Å². The van der Waals surface area contributed by atoms with Crippen LogP contribution in [0, 0.1) is 13.8 Å². The smallest absolute Gasteiger partial charge is 0.251 e. The third-order valence-electron chi connectivity index (χ3n) is 5.76. The molecule has 0 saturated carbocycles. The number of hydrogen-bond donors (Lipinski definition) is 2. The molecular formula is C26H28N6O. The number of hydrogen-bond acceptors (Lipinski definition) is 6. The molecule has 7 heteroatoms. The summed E-state index contributed by atoms with van der Waals surface area (Å²) in [5.74, 6) is 0.928. The molecule has 3 heterocycles. The molecule has 1 unspecified atom stereocenters. The van der Waals surface area contributed by atoms with Gasteiger partial charge in [-0.1, -0.05) is 25.1 Å². The van der Waals surface area contributed by atoms with Gasteiger partial charge in [0, 0.05) is 48.2 Å². The maximum absolute atomic E-state index is 12.4. The lowest BCUT2D eigenvalue weighted by atomic mass is 9.93. The summed E-state index contributed by atoms with van der Waals surface area (Å²) < 4.78 is 0. The predicted molar refractivity (Wildman–Crippen MR) is 131 cm³/mol. The lowest BCUT2D eigenvalue weighted by Crippen LogP contribution is -2.18. The molecule has 0 aliphatic heterocycles. The van der Waals surface area contributed by atoms with Gasteiger partial charge in [0.25, 0.3) is 5.91 Å². The topological polar surface area (TPSA) is 92.7 Å². The van der Waals surface area contributed by atoms with E-state index in [-0.39, 0.29) is 11.8 Å². The number of nitrogens with zero attached hydrogens (tertiary/aromatic N) is 4. The summed E-state index contributed by atoms with van der Waals surface area (Å²) in [6.07, 6.45) is 4.28. The van der Waals surface area contributed by atoms with Gasteiger partial charge in [-0.05, 0) is 49.9 Å². The number of pyridine rings is 2. The molecule has 2 N–H and O–H groups in total. The molecule has 3 aromatic heterocycles. The number of nitrogens with one attached hydrogen (secondary N) is 2. The Hall–Kier alpha value is -3.87. The second-order valence-corrected chi connectivity index (χ2v) is 8.23. The molecule has 33 heavy (non-hydrogen) atoms. The molecule has 0 bridgehead atoms. The standard InChI is InChI=1S/C26H28N6O/c1-16(20-6-5-7-21-22(26(33)27-4)12-18(3)32-25(20)21)10-11-28-24-13-23(30-15-31-24)19-9-8-17(2)29-14-19/h5-9,12-16H,10-11H2,1-4H3,(H,27,33)(H,28,30,31). The van der Waals surface area contributed by atoms with E-state index in [1.807, 2.05) is 56.4 Å². The van der Waals surface area contributed by atoms with E-state index >= 15 is 0 Å². The van der Waals surface area contributed by atoms with E-state index in [1.54, 1.807) is 13.4 Å². The molecular weight excluding hydrogens is 412 g/mol. The first kappa shape index (κ1) is 22.3. The van der Waals surface area contributed by atoms with Crippen molar-refractivity contribution >= 4 is 22.6 Å². The zero-order valence-corrected chi connectivity index (χ0v) is 19.4. The molecule has 4 rings (SSSR count). The molecule has 7 nitrogen and oxygen atoms in total. The van der Waals surface area contributed by atoms with Crippen LogP contribution in [0.15, 0.2) is 55.0 Å². The second-order valence-electron chi connectivity index (χ2n) is 8.23. The van der Waals surface area contributed by atoms with Gasteiger partial charge in [0.15, 0.2) is 0 Å². The number of benzene rings is 1. The highest BCUT2D eigenvalue weighted by atomic mass is 16.1. The number of para-hydroxylation sites is 1. The van der Waals surface area contributed by atoms with Crippen molar-refractivity contribution in [2.45, 2.75) is 33.1 Å². The number of fused-ring (bicyclic) bond motifs is 1. The maximum atomic E-state index is 12.4. The van der Waals surface area contributed by atoms with Gasteiger partial charge in [0.2, 0.25) is 0 Å². The number of aryl methyl sites for hydroxylation is 2. The summed E-state index contributed by atoms with van der Waals surface area (Å²) in [5, 5.41) is 7.02. The van der Waals surface area contributed by atoms with Crippen LogP contribution in [0.1, 0.15) is 46.6 Å². The molecule has 168 valence electrons. The number of amides is 1. The molecule has 0 aliphatic carbocycles. The van der Waals surface area contributed by atoms with E-state index < -0.39 is 0 Å². The van der Waals surface area contributed by atoms with Crippen molar-refractivity contribution in [3.05, 3.63) is 77.5 Å². The van der Waals surface area contributed by atoms with E-state index in [2.05, 4.69) is 38.6 Å². The van der Waals surface area contributed by atoms with Gasteiger partial charge in [0.05, 0.1) is 16.8 Å². The minimum absolute atomic E-state index is 0.0969. The highest BCUT2D eigenvalue weighted by molar-refractivity contribution is 6.06. The van der Waals surface area contributed by atoms with Crippen LogP contribution < -0.4 is 10.6 Å². The van der Waals surface area contributed by atoms with E-state index in [1.165, 1.54) is 0 Å². The minimum Gasteiger partial charge on any atom is -0.370 e. The summed E-state index contributed by atoms with van der Waals surface area (Å²) in [5.41, 5.74) is 6.29. The quantitative estimate of drug-likeness (QED) is 0.434. The van der Waals surface area contributed by atoms with Gasteiger partial charge in [-0.15, -0.1) is 0 Å². The number of rotatable bonds is 7. The fraction of sp³-hybridized carbons (Fsp3) is 0.269. The SMILES string of the molecule is CNC(=O)c1cc(C)nc2c(C(C)CCNc3cc(-c4ccc(C)nc4)ncn3)cccc12. The van der Waals surface area contributed by atoms with Gasteiger partial charge < -0.3 is 10.6 Å². The highest BCUT2D eigenvalue weighted by Crippen LogP contribution is 2.29. The van der Waals surface area contributed by atoms with E-state index in [9.17, 15) is 4.79 Å². The molecule has 0 spiro atoms. The van der Waals surface area contributed by atoms with Crippen LogP contribution in [0.4, 0.5) is 5.82 Å². The fourth-order valence-corrected chi connectivity index (χ4v) is 3.92. The molecule has 1 aromatic carbocycles. The Morgan fingerprint density at radius 1 is 1.03 bits per heavy atom. The lowest BCUT2D eigenvalue weighted by molar-refractivity contribution is 0.0964. The first-order valence-corrected chi connectivity index (χ1v) is 11.1. The van der Waals surface area contributed by atoms with Crippen molar-refractivity contribution < 1.29 is 4.79 Å². The molecule has 1 amide bonds. The Kier molecular flexibility index (Phi) is 6.58. The zero-order valence-electron chi connectivity index (χ0n) is 19.4. The summed E-state index contributed by atoms with van der Waals surface area (Å²) in [6, 6.07) is 13.8. The summed E-state index contributed by atoms with van der Waals surface area (Å²) in [4.78, 5) is 30.2. The van der Waals surface area contributed by atoms with Crippen molar-refractivity contribution in [2.24, 2.45) is 0 Å². The normalized spacial score (nSPS) is 11.9. The van der Waals surface area contributed by atoms with Crippen molar-refractivity contribution in [3.8, 4) is 11.3 Å². The molecule has 0 saturated heterocycles. The summed E-state index contributed by atoms with van der Waals surface area (Å²) in [7, 11) is 1.65. The van der Waals surface area contributed by atoms with Crippen molar-refractivity contribution in [3.63, 3.8) is 0 Å². The van der Waals surface area contributed by atoms with Gasteiger partial charge in [-0.3, -0.25) is 14.8 Å². The van der Waals surface area contributed by atoms with Gasteiger partial charge in [0.1, 0.15) is 12.1 Å². The van der Waals surface area contributed by atoms with Gasteiger partial charge in [-0.25, -0.2) is 9.97 Å². The summed E-state index contributed by atoms with van der Waals surface area (Å²) in [6.45, 7) is 6.81. The minimum atomic E-state index is -0.0969. The average molecular weight is 441 g/mol. The highest BCUT2D eigenvalue weighted by Gasteiger charge is 2.16.